The van der Waals surface area contributed by atoms with Crippen molar-refractivity contribution in [2.75, 3.05) is 26.8 Å². The van der Waals surface area contributed by atoms with Gasteiger partial charge in [-0.05, 0) is 19.8 Å². The molecule has 0 spiro atoms. The topological polar surface area (TPSA) is 92.6 Å². The van der Waals surface area contributed by atoms with Crippen molar-refractivity contribution in [2.45, 2.75) is 19.8 Å². The highest BCUT2D eigenvalue weighted by atomic mass is 16.5. The number of rotatable bonds is 5. The molecule has 1 amide bonds. The molecule has 3 rings (SSSR count). The maximum Gasteiger partial charge on any atom is 0.313 e. The SMILES string of the molecule is COCC1(C(=O)O)CCCN(C(=O)c2cnc(-c3ccccc3)nc2C)C1. The monoisotopic (exact) mass is 369 g/mol. The van der Waals surface area contributed by atoms with Crippen molar-refractivity contribution in [2.24, 2.45) is 5.41 Å². The molecular weight excluding hydrogens is 346 g/mol. The number of amides is 1. The lowest BCUT2D eigenvalue weighted by molar-refractivity contribution is -0.155. The normalized spacial score (nSPS) is 19.7. The molecule has 1 saturated heterocycles. The van der Waals surface area contributed by atoms with Gasteiger partial charge in [-0.3, -0.25) is 9.59 Å². The molecule has 7 heteroatoms. The fourth-order valence-electron chi connectivity index (χ4n) is 3.51. The Labute approximate surface area is 158 Å². The summed E-state index contributed by atoms with van der Waals surface area (Å²) in [6.45, 7) is 2.48. The summed E-state index contributed by atoms with van der Waals surface area (Å²) < 4.78 is 5.12. The van der Waals surface area contributed by atoms with Crippen molar-refractivity contribution in [1.29, 1.82) is 0 Å². The highest BCUT2D eigenvalue weighted by Crippen LogP contribution is 2.32. The number of methoxy groups -OCH3 is 1. The number of nitrogens with zero attached hydrogens (tertiary/aromatic N) is 3. The van der Waals surface area contributed by atoms with Gasteiger partial charge in [0.1, 0.15) is 5.41 Å². The van der Waals surface area contributed by atoms with Crippen LogP contribution in [-0.2, 0) is 9.53 Å². The van der Waals surface area contributed by atoms with Gasteiger partial charge >= 0.3 is 5.97 Å². The van der Waals surface area contributed by atoms with Crippen LogP contribution in [0.3, 0.4) is 0 Å². The summed E-state index contributed by atoms with van der Waals surface area (Å²) in [6.07, 6.45) is 2.63. The van der Waals surface area contributed by atoms with E-state index in [1.165, 1.54) is 13.3 Å². The van der Waals surface area contributed by atoms with Gasteiger partial charge < -0.3 is 14.7 Å². The van der Waals surface area contributed by atoms with Crippen LogP contribution in [-0.4, -0.2) is 58.7 Å². The molecule has 0 radical (unpaired) electrons. The summed E-state index contributed by atoms with van der Waals surface area (Å²) in [5.41, 5.74) is 0.782. The number of carboxylic acids is 1. The summed E-state index contributed by atoms with van der Waals surface area (Å²) in [7, 11) is 1.48. The average molecular weight is 369 g/mol. The summed E-state index contributed by atoms with van der Waals surface area (Å²) in [5, 5.41) is 9.66. The standard InChI is InChI=1S/C20H23N3O4/c1-14-16(11-21-17(22-14)15-7-4-3-5-8-15)18(24)23-10-6-9-20(12-23,13-27-2)19(25)26/h3-5,7-8,11H,6,9-10,12-13H2,1-2H3,(H,25,26). The van der Waals surface area contributed by atoms with E-state index in [0.717, 1.165) is 5.56 Å². The molecule has 7 nitrogen and oxygen atoms in total. The lowest BCUT2D eigenvalue weighted by Gasteiger charge is -2.39. The van der Waals surface area contributed by atoms with E-state index in [4.69, 9.17) is 4.74 Å². The Morgan fingerprint density at radius 1 is 1.30 bits per heavy atom. The third-order valence-electron chi connectivity index (χ3n) is 4.98. The van der Waals surface area contributed by atoms with E-state index in [0.29, 0.717) is 36.5 Å². The van der Waals surface area contributed by atoms with E-state index in [-0.39, 0.29) is 19.1 Å². The van der Waals surface area contributed by atoms with Crippen LogP contribution in [0.15, 0.2) is 36.5 Å². The molecule has 1 aromatic heterocycles. The van der Waals surface area contributed by atoms with Crippen molar-refractivity contribution in [3.05, 3.63) is 47.8 Å². The number of aromatic nitrogens is 2. The predicted molar refractivity (Wildman–Crippen MR) is 99.3 cm³/mol. The van der Waals surface area contributed by atoms with Crippen LogP contribution in [0.4, 0.5) is 0 Å². The van der Waals surface area contributed by atoms with Crippen LogP contribution < -0.4 is 0 Å². The molecule has 142 valence electrons. The van der Waals surface area contributed by atoms with Gasteiger partial charge in [-0.1, -0.05) is 30.3 Å². The molecule has 0 saturated carbocycles. The molecule has 27 heavy (non-hydrogen) atoms. The van der Waals surface area contributed by atoms with Gasteiger partial charge in [0.05, 0.1) is 17.9 Å². The smallest absolute Gasteiger partial charge is 0.313 e. The van der Waals surface area contributed by atoms with Crippen LogP contribution >= 0.6 is 0 Å². The van der Waals surface area contributed by atoms with Gasteiger partial charge in [-0.25, -0.2) is 9.97 Å². The zero-order chi connectivity index (χ0) is 19.4. The molecule has 0 bridgehead atoms. The molecule has 1 fully saturated rings. The molecule has 1 aliphatic rings. The Balaban J connectivity index is 1.84. The zero-order valence-electron chi connectivity index (χ0n) is 15.5. The number of carbonyl (C=O) groups is 2. The fraction of sp³-hybridized carbons (Fsp3) is 0.400. The Morgan fingerprint density at radius 3 is 2.67 bits per heavy atom. The number of carbonyl (C=O) groups excluding carboxylic acids is 1. The highest BCUT2D eigenvalue weighted by Gasteiger charge is 2.44. The molecule has 1 aromatic carbocycles. The van der Waals surface area contributed by atoms with Crippen molar-refractivity contribution in [1.82, 2.24) is 14.9 Å². The van der Waals surface area contributed by atoms with E-state index >= 15 is 0 Å². The third-order valence-corrected chi connectivity index (χ3v) is 4.98. The Kier molecular flexibility index (Phi) is 5.51. The largest absolute Gasteiger partial charge is 0.481 e. The fourth-order valence-corrected chi connectivity index (χ4v) is 3.51. The second-order valence-electron chi connectivity index (χ2n) is 6.91. The van der Waals surface area contributed by atoms with Crippen molar-refractivity contribution >= 4 is 11.9 Å². The minimum absolute atomic E-state index is 0.0779. The molecule has 2 heterocycles. The molecule has 1 unspecified atom stereocenters. The number of piperidine rings is 1. The lowest BCUT2D eigenvalue weighted by atomic mass is 9.80. The number of carboxylic acid groups (broad SMARTS) is 1. The van der Waals surface area contributed by atoms with Crippen LogP contribution in [0.2, 0.25) is 0 Å². The Morgan fingerprint density at radius 2 is 2.04 bits per heavy atom. The third kappa shape index (κ3) is 3.83. The number of hydrogen-bond donors (Lipinski definition) is 1. The van der Waals surface area contributed by atoms with Gasteiger partial charge in [0.15, 0.2) is 5.82 Å². The molecule has 1 N–H and O–H groups in total. The summed E-state index contributed by atoms with van der Waals surface area (Å²) in [4.78, 5) is 35.2. The summed E-state index contributed by atoms with van der Waals surface area (Å²) in [5.74, 6) is -0.620. The average Bonchev–Trinajstić information content (AvgIpc) is 2.68. The van der Waals surface area contributed by atoms with Crippen LogP contribution in [0, 0.1) is 12.3 Å². The number of hydrogen-bond acceptors (Lipinski definition) is 5. The number of ether oxygens (including phenoxy) is 1. The van der Waals surface area contributed by atoms with Crippen LogP contribution in [0.1, 0.15) is 28.9 Å². The number of benzene rings is 1. The predicted octanol–water partition coefficient (Wildman–Crippen LogP) is 2.41. The minimum Gasteiger partial charge on any atom is -0.481 e. The minimum atomic E-state index is -1.07. The first-order chi connectivity index (χ1) is 13.0. The maximum atomic E-state index is 13.0. The van der Waals surface area contributed by atoms with E-state index in [1.54, 1.807) is 11.8 Å². The molecule has 1 aliphatic heterocycles. The number of aliphatic carboxylic acids is 1. The van der Waals surface area contributed by atoms with Crippen LogP contribution in [0.25, 0.3) is 11.4 Å². The molecule has 1 atom stereocenters. The second kappa shape index (κ2) is 7.84. The van der Waals surface area contributed by atoms with Gasteiger partial charge in [0.25, 0.3) is 5.91 Å². The summed E-state index contributed by atoms with van der Waals surface area (Å²) in [6, 6.07) is 9.54. The highest BCUT2D eigenvalue weighted by molar-refractivity contribution is 5.95. The lowest BCUT2D eigenvalue weighted by Crippen LogP contribution is -2.52. The Hall–Kier alpha value is -2.80. The first-order valence-corrected chi connectivity index (χ1v) is 8.87. The molecule has 0 aliphatic carbocycles. The van der Waals surface area contributed by atoms with Gasteiger partial charge in [0, 0.05) is 32.0 Å². The first kappa shape index (κ1) is 19.0. The van der Waals surface area contributed by atoms with Crippen molar-refractivity contribution < 1.29 is 19.4 Å². The van der Waals surface area contributed by atoms with Crippen LogP contribution in [0.5, 0.6) is 0 Å². The second-order valence-corrected chi connectivity index (χ2v) is 6.91. The first-order valence-electron chi connectivity index (χ1n) is 8.87. The maximum absolute atomic E-state index is 13.0. The quantitative estimate of drug-likeness (QED) is 0.870. The van der Waals surface area contributed by atoms with Gasteiger partial charge in [0.2, 0.25) is 0 Å². The van der Waals surface area contributed by atoms with Crippen molar-refractivity contribution in [3.63, 3.8) is 0 Å². The van der Waals surface area contributed by atoms with E-state index in [2.05, 4.69) is 9.97 Å². The van der Waals surface area contributed by atoms with Gasteiger partial charge in [-0.15, -0.1) is 0 Å². The number of likely N-dealkylation sites (tertiary alicyclic amines) is 1. The van der Waals surface area contributed by atoms with E-state index < -0.39 is 11.4 Å². The van der Waals surface area contributed by atoms with Crippen molar-refractivity contribution in [3.8, 4) is 11.4 Å². The zero-order valence-corrected chi connectivity index (χ0v) is 15.5. The molecular formula is C20H23N3O4. The van der Waals surface area contributed by atoms with E-state index in [9.17, 15) is 14.7 Å². The number of aryl methyl sites for hydroxylation is 1. The Bertz CT molecular complexity index is 836. The molecule has 2 aromatic rings. The summed E-state index contributed by atoms with van der Waals surface area (Å²) >= 11 is 0. The van der Waals surface area contributed by atoms with Gasteiger partial charge in [-0.2, -0.15) is 0 Å². The van der Waals surface area contributed by atoms with E-state index in [1.807, 2.05) is 30.3 Å².